The first kappa shape index (κ1) is 23.8. The Morgan fingerprint density at radius 3 is 2.22 bits per heavy atom. The lowest BCUT2D eigenvalue weighted by molar-refractivity contribution is -0.137. The van der Waals surface area contributed by atoms with Crippen molar-refractivity contribution in [1.82, 2.24) is 0 Å². The molecule has 4 nitrogen and oxygen atoms in total. The van der Waals surface area contributed by atoms with Gasteiger partial charge in [0.1, 0.15) is 11.9 Å². The molecule has 168 valence electrons. The Hall–Kier alpha value is -2.89. The van der Waals surface area contributed by atoms with Crippen LogP contribution in [0.3, 0.4) is 0 Å². The van der Waals surface area contributed by atoms with E-state index in [1.807, 2.05) is 44.2 Å². The Balaban J connectivity index is 2.07. The van der Waals surface area contributed by atoms with Gasteiger partial charge in [0.2, 0.25) is 0 Å². The maximum absolute atomic E-state index is 13.5. The van der Waals surface area contributed by atoms with Crippen LogP contribution in [-0.4, -0.2) is 17.7 Å². The zero-order chi connectivity index (χ0) is 23.1. The van der Waals surface area contributed by atoms with Gasteiger partial charge in [0, 0.05) is 23.0 Å². The van der Waals surface area contributed by atoms with E-state index < -0.39 is 12.1 Å². The average Bonchev–Trinajstić information content (AvgIpc) is 2.78. The molecule has 0 aliphatic carbocycles. The summed E-state index contributed by atoms with van der Waals surface area (Å²) >= 11 is 6.00. The molecule has 0 fully saturated rings. The van der Waals surface area contributed by atoms with Crippen molar-refractivity contribution < 1.29 is 19.0 Å². The summed E-state index contributed by atoms with van der Waals surface area (Å²) in [5.41, 5.74) is 4.29. The van der Waals surface area contributed by atoms with E-state index in [-0.39, 0.29) is 18.2 Å². The van der Waals surface area contributed by atoms with Crippen LogP contribution in [0.5, 0.6) is 0 Å². The highest BCUT2D eigenvalue weighted by atomic mass is 35.5. The van der Waals surface area contributed by atoms with Crippen molar-refractivity contribution in [2.24, 2.45) is 0 Å². The summed E-state index contributed by atoms with van der Waals surface area (Å²) < 4.78 is 19.5. The zero-order valence-electron chi connectivity index (χ0n) is 18.1. The van der Waals surface area contributed by atoms with Crippen molar-refractivity contribution in [3.63, 3.8) is 0 Å². The molecule has 3 rings (SSSR count). The number of aliphatic carboxylic acids is 1. The molecule has 0 heterocycles. The van der Waals surface area contributed by atoms with E-state index in [0.717, 1.165) is 28.1 Å². The van der Waals surface area contributed by atoms with Crippen LogP contribution in [0.4, 0.5) is 15.8 Å². The van der Waals surface area contributed by atoms with E-state index in [9.17, 15) is 14.3 Å². The van der Waals surface area contributed by atoms with Crippen LogP contribution >= 0.6 is 11.6 Å². The Bertz CT molecular complexity index is 1040. The first-order chi connectivity index (χ1) is 15.4. The summed E-state index contributed by atoms with van der Waals surface area (Å²) in [6, 6.07) is 19.6. The van der Waals surface area contributed by atoms with Crippen molar-refractivity contribution in [2.45, 2.75) is 38.7 Å². The van der Waals surface area contributed by atoms with E-state index in [1.54, 1.807) is 24.3 Å². The zero-order valence-corrected chi connectivity index (χ0v) is 18.9. The topological polar surface area (TPSA) is 58.6 Å². The second kappa shape index (κ2) is 11.1. The highest BCUT2D eigenvalue weighted by Crippen LogP contribution is 2.34. The molecule has 0 amide bonds. The highest BCUT2D eigenvalue weighted by molar-refractivity contribution is 6.30. The third-order valence-electron chi connectivity index (χ3n) is 5.30. The van der Waals surface area contributed by atoms with Gasteiger partial charge in [0.05, 0.1) is 6.42 Å². The van der Waals surface area contributed by atoms with Gasteiger partial charge in [0.25, 0.3) is 0 Å². The molecule has 0 radical (unpaired) electrons. The van der Waals surface area contributed by atoms with Gasteiger partial charge in [-0.3, -0.25) is 4.79 Å². The predicted molar refractivity (Wildman–Crippen MR) is 126 cm³/mol. The summed E-state index contributed by atoms with van der Waals surface area (Å²) in [4.78, 5) is 11.4. The summed E-state index contributed by atoms with van der Waals surface area (Å²) in [6.45, 7) is 4.36. The lowest BCUT2D eigenvalue weighted by atomic mass is 9.89. The molecule has 3 aromatic carbocycles. The van der Waals surface area contributed by atoms with E-state index in [0.29, 0.717) is 18.1 Å². The standard InChI is InChI=1S/C26H27ClFNO3/c1-3-17(16-25(30)31)19-13-20(26(32-4-2)18-5-9-22(28)10-6-18)15-24(14-19)29-23-11-7-21(27)8-12-23/h5-15,17,26,29H,3-4,16H2,1-2H3,(H,30,31)/t17-,26+/m1/s1. The molecule has 0 aliphatic rings. The number of anilines is 2. The molecular weight excluding hydrogens is 429 g/mol. The van der Waals surface area contributed by atoms with E-state index in [4.69, 9.17) is 16.3 Å². The molecular formula is C26H27ClFNO3. The largest absolute Gasteiger partial charge is 0.481 e. The van der Waals surface area contributed by atoms with Crippen LogP contribution in [0.2, 0.25) is 5.02 Å². The molecule has 2 N–H and O–H groups in total. The van der Waals surface area contributed by atoms with Crippen LogP contribution in [0, 0.1) is 5.82 Å². The number of carbonyl (C=O) groups is 1. The van der Waals surface area contributed by atoms with Gasteiger partial charge >= 0.3 is 5.97 Å². The van der Waals surface area contributed by atoms with Crippen LogP contribution in [0.25, 0.3) is 0 Å². The van der Waals surface area contributed by atoms with Gasteiger partial charge in [-0.05, 0) is 84.5 Å². The van der Waals surface area contributed by atoms with Crippen molar-refractivity contribution in [3.8, 4) is 0 Å². The van der Waals surface area contributed by atoms with Crippen molar-refractivity contribution >= 4 is 28.9 Å². The highest BCUT2D eigenvalue weighted by Gasteiger charge is 2.20. The number of nitrogens with one attached hydrogen (secondary N) is 1. The summed E-state index contributed by atoms with van der Waals surface area (Å²) in [7, 11) is 0. The third kappa shape index (κ3) is 6.31. The van der Waals surface area contributed by atoms with Gasteiger partial charge in [-0.2, -0.15) is 0 Å². The molecule has 32 heavy (non-hydrogen) atoms. The number of hydrogen-bond acceptors (Lipinski definition) is 3. The number of carboxylic acid groups (broad SMARTS) is 1. The maximum Gasteiger partial charge on any atom is 0.303 e. The lowest BCUT2D eigenvalue weighted by Gasteiger charge is -2.23. The fourth-order valence-electron chi connectivity index (χ4n) is 3.73. The number of halogens is 2. The van der Waals surface area contributed by atoms with Gasteiger partial charge in [-0.1, -0.05) is 36.7 Å². The fraction of sp³-hybridized carbons (Fsp3) is 0.269. The third-order valence-corrected chi connectivity index (χ3v) is 5.56. The van der Waals surface area contributed by atoms with Gasteiger partial charge in [-0.15, -0.1) is 0 Å². The van der Waals surface area contributed by atoms with Crippen molar-refractivity contribution in [2.75, 3.05) is 11.9 Å². The number of benzene rings is 3. The van der Waals surface area contributed by atoms with Crippen molar-refractivity contribution in [1.29, 1.82) is 0 Å². The minimum Gasteiger partial charge on any atom is -0.481 e. The summed E-state index contributed by atoms with van der Waals surface area (Å²) in [5.74, 6) is -1.29. The van der Waals surface area contributed by atoms with Crippen LogP contribution in [-0.2, 0) is 9.53 Å². The molecule has 3 aromatic rings. The number of ether oxygens (including phenoxy) is 1. The SMILES string of the molecule is CCO[C@@H](c1ccc(F)cc1)c1cc(Nc2ccc(Cl)cc2)cc([C@H](CC)CC(=O)O)c1. The minimum absolute atomic E-state index is 0.0379. The molecule has 0 unspecified atom stereocenters. The molecule has 0 aromatic heterocycles. The monoisotopic (exact) mass is 455 g/mol. The molecule has 6 heteroatoms. The molecule has 0 saturated heterocycles. The smallest absolute Gasteiger partial charge is 0.303 e. The van der Waals surface area contributed by atoms with E-state index in [1.165, 1.54) is 12.1 Å². The molecule has 0 spiro atoms. The Morgan fingerprint density at radius 1 is 0.969 bits per heavy atom. The molecule has 2 atom stereocenters. The second-order valence-electron chi connectivity index (χ2n) is 7.61. The Kier molecular flexibility index (Phi) is 8.26. The molecule has 0 bridgehead atoms. The minimum atomic E-state index is -0.839. The lowest BCUT2D eigenvalue weighted by Crippen LogP contribution is -2.10. The van der Waals surface area contributed by atoms with Gasteiger partial charge in [-0.25, -0.2) is 4.39 Å². The number of hydrogen-bond donors (Lipinski definition) is 2. The summed E-state index contributed by atoms with van der Waals surface area (Å²) in [5, 5.41) is 13.4. The Morgan fingerprint density at radius 2 is 1.62 bits per heavy atom. The van der Waals surface area contributed by atoms with E-state index in [2.05, 4.69) is 5.32 Å². The normalized spacial score (nSPS) is 12.9. The van der Waals surface area contributed by atoms with Gasteiger partial charge < -0.3 is 15.2 Å². The molecule has 0 aliphatic heterocycles. The predicted octanol–water partition coefficient (Wildman–Crippen LogP) is 7.32. The van der Waals surface area contributed by atoms with Crippen molar-refractivity contribution in [3.05, 3.63) is 94.3 Å². The summed E-state index contributed by atoms with van der Waals surface area (Å²) in [6.07, 6.45) is 0.316. The van der Waals surface area contributed by atoms with Crippen LogP contribution < -0.4 is 5.32 Å². The first-order valence-electron chi connectivity index (χ1n) is 10.7. The first-order valence-corrected chi connectivity index (χ1v) is 11.0. The Labute approximate surface area is 193 Å². The molecule has 0 saturated carbocycles. The maximum atomic E-state index is 13.5. The van der Waals surface area contributed by atoms with Gasteiger partial charge in [0.15, 0.2) is 0 Å². The van der Waals surface area contributed by atoms with E-state index >= 15 is 0 Å². The second-order valence-corrected chi connectivity index (χ2v) is 8.05. The average molecular weight is 456 g/mol. The number of rotatable bonds is 10. The quantitative estimate of drug-likeness (QED) is 0.336. The van der Waals surface area contributed by atoms with Crippen LogP contribution in [0.1, 0.15) is 55.4 Å². The number of carboxylic acids is 1. The van der Waals surface area contributed by atoms with Crippen LogP contribution in [0.15, 0.2) is 66.7 Å². The fourth-order valence-corrected chi connectivity index (χ4v) is 3.86.